The highest BCUT2D eigenvalue weighted by Gasteiger charge is 2.15. The summed E-state index contributed by atoms with van der Waals surface area (Å²) in [6.45, 7) is 0. The predicted octanol–water partition coefficient (Wildman–Crippen LogP) is 2.83. The molecule has 0 unspecified atom stereocenters. The van der Waals surface area contributed by atoms with E-state index in [1.807, 2.05) is 22.6 Å². The number of carboxylic acids is 1. The molecule has 0 fully saturated rings. The van der Waals surface area contributed by atoms with Crippen molar-refractivity contribution in [3.63, 3.8) is 0 Å². The Morgan fingerprint density at radius 3 is 2.94 bits per heavy atom. The number of hydrogen-bond donors (Lipinski definition) is 1. The zero-order valence-electron chi connectivity index (χ0n) is 7.89. The highest BCUT2D eigenvalue weighted by molar-refractivity contribution is 14.1. The van der Waals surface area contributed by atoms with E-state index in [1.54, 1.807) is 30.6 Å². The van der Waals surface area contributed by atoms with E-state index in [1.165, 1.54) is 4.57 Å². The van der Waals surface area contributed by atoms with Crippen molar-refractivity contribution in [2.24, 2.45) is 0 Å². The minimum Gasteiger partial charge on any atom is -0.477 e. The number of pyridine rings is 1. The van der Waals surface area contributed by atoms with Gasteiger partial charge >= 0.3 is 5.97 Å². The van der Waals surface area contributed by atoms with Gasteiger partial charge < -0.3 is 5.11 Å². The van der Waals surface area contributed by atoms with Gasteiger partial charge in [0.1, 0.15) is 5.69 Å². The maximum absolute atomic E-state index is 11.0. The average Bonchev–Trinajstić information content (AvgIpc) is 2.61. The Morgan fingerprint density at radius 2 is 2.31 bits per heavy atom. The summed E-state index contributed by atoms with van der Waals surface area (Å²) in [6, 6.07) is 4.93. The van der Waals surface area contributed by atoms with Gasteiger partial charge in [-0.3, -0.25) is 4.57 Å². The van der Waals surface area contributed by atoms with Gasteiger partial charge in [-0.2, -0.15) is 0 Å². The minimum atomic E-state index is -1.01. The highest BCUT2D eigenvalue weighted by Crippen LogP contribution is 2.21. The molecule has 0 atom stereocenters. The molecule has 0 aliphatic rings. The fraction of sp³-hybridized carbons (Fsp3) is 0. The van der Waals surface area contributed by atoms with Crippen molar-refractivity contribution in [1.29, 1.82) is 0 Å². The van der Waals surface area contributed by atoms with Crippen LogP contribution in [0.25, 0.3) is 5.82 Å². The minimum absolute atomic E-state index is 0.144. The average molecular weight is 349 g/mol. The van der Waals surface area contributed by atoms with Crippen LogP contribution in [0.5, 0.6) is 0 Å². The fourth-order valence-corrected chi connectivity index (χ4v) is 2.11. The lowest BCUT2D eigenvalue weighted by molar-refractivity contribution is 0.0688. The van der Waals surface area contributed by atoms with Gasteiger partial charge in [-0.1, -0.05) is 11.6 Å². The van der Waals surface area contributed by atoms with Crippen LogP contribution < -0.4 is 0 Å². The van der Waals surface area contributed by atoms with E-state index < -0.39 is 5.97 Å². The van der Waals surface area contributed by atoms with Crippen LogP contribution in [0, 0.1) is 3.57 Å². The first-order chi connectivity index (χ1) is 7.59. The SMILES string of the molecule is O=C(O)c1cc(I)cn1-c1ncccc1Cl. The largest absolute Gasteiger partial charge is 0.477 e. The van der Waals surface area contributed by atoms with Gasteiger partial charge in [0, 0.05) is 16.0 Å². The Kier molecular flexibility index (Phi) is 3.15. The fourth-order valence-electron chi connectivity index (χ4n) is 1.32. The van der Waals surface area contributed by atoms with Gasteiger partial charge in [0.25, 0.3) is 0 Å². The van der Waals surface area contributed by atoms with Crippen LogP contribution in [0.2, 0.25) is 5.02 Å². The zero-order chi connectivity index (χ0) is 11.7. The molecule has 2 rings (SSSR count). The van der Waals surface area contributed by atoms with Gasteiger partial charge in [-0.15, -0.1) is 0 Å². The molecule has 0 radical (unpaired) electrons. The second-order valence-corrected chi connectivity index (χ2v) is 4.68. The number of carbonyl (C=O) groups is 1. The molecule has 0 saturated heterocycles. The molecule has 0 saturated carbocycles. The van der Waals surface area contributed by atoms with E-state index in [4.69, 9.17) is 16.7 Å². The van der Waals surface area contributed by atoms with E-state index in [0.29, 0.717) is 10.8 Å². The Hall–Kier alpha value is -1.08. The molecular weight excluding hydrogens is 342 g/mol. The number of hydrogen-bond acceptors (Lipinski definition) is 2. The quantitative estimate of drug-likeness (QED) is 0.849. The molecule has 6 heteroatoms. The normalized spacial score (nSPS) is 10.4. The van der Waals surface area contributed by atoms with Crippen molar-refractivity contribution in [1.82, 2.24) is 9.55 Å². The lowest BCUT2D eigenvalue weighted by Gasteiger charge is -2.06. The lowest BCUT2D eigenvalue weighted by Crippen LogP contribution is -2.07. The third-order valence-electron chi connectivity index (χ3n) is 1.97. The molecule has 1 N–H and O–H groups in total. The van der Waals surface area contributed by atoms with Crippen LogP contribution >= 0.6 is 34.2 Å². The standard InChI is InChI=1S/C10H6ClIN2O2/c11-7-2-1-3-13-9(7)14-5-6(12)4-8(14)10(15)16/h1-5H,(H,15,16). The van der Waals surface area contributed by atoms with Crippen molar-refractivity contribution in [2.45, 2.75) is 0 Å². The Bertz CT molecular complexity index is 554. The first-order valence-electron chi connectivity index (χ1n) is 4.31. The number of nitrogens with zero attached hydrogens (tertiary/aromatic N) is 2. The molecule has 2 aromatic rings. The predicted molar refractivity (Wildman–Crippen MR) is 68.3 cm³/mol. The van der Waals surface area contributed by atoms with Crippen molar-refractivity contribution >= 4 is 40.2 Å². The van der Waals surface area contributed by atoms with Crippen molar-refractivity contribution in [3.05, 3.63) is 44.9 Å². The second-order valence-electron chi connectivity index (χ2n) is 3.03. The van der Waals surface area contributed by atoms with Crippen LogP contribution in [0.3, 0.4) is 0 Å². The van der Waals surface area contributed by atoms with Crippen molar-refractivity contribution in [3.8, 4) is 5.82 Å². The van der Waals surface area contributed by atoms with Crippen LogP contribution in [0.1, 0.15) is 10.5 Å². The highest BCUT2D eigenvalue weighted by atomic mass is 127. The summed E-state index contributed by atoms with van der Waals surface area (Å²) in [5, 5.41) is 9.45. The van der Waals surface area contributed by atoms with Crippen LogP contribution in [0.4, 0.5) is 0 Å². The van der Waals surface area contributed by atoms with Gasteiger partial charge in [0.05, 0.1) is 5.02 Å². The van der Waals surface area contributed by atoms with E-state index >= 15 is 0 Å². The third kappa shape index (κ3) is 2.05. The van der Waals surface area contributed by atoms with Crippen molar-refractivity contribution < 1.29 is 9.90 Å². The first-order valence-corrected chi connectivity index (χ1v) is 5.77. The summed E-state index contributed by atoms with van der Waals surface area (Å²) in [7, 11) is 0. The zero-order valence-corrected chi connectivity index (χ0v) is 10.8. The van der Waals surface area contributed by atoms with Crippen LogP contribution in [-0.4, -0.2) is 20.6 Å². The smallest absolute Gasteiger partial charge is 0.352 e. The summed E-state index contributed by atoms with van der Waals surface area (Å²) in [4.78, 5) is 15.1. The maximum Gasteiger partial charge on any atom is 0.352 e. The molecular formula is C10H6ClIN2O2. The molecule has 82 valence electrons. The maximum atomic E-state index is 11.0. The molecule has 2 aromatic heterocycles. The number of carboxylic acid groups (broad SMARTS) is 1. The summed E-state index contributed by atoms with van der Waals surface area (Å²) >= 11 is 8.01. The summed E-state index contributed by atoms with van der Waals surface area (Å²) in [6.07, 6.45) is 3.25. The number of aromatic nitrogens is 2. The van der Waals surface area contributed by atoms with E-state index in [-0.39, 0.29) is 5.69 Å². The van der Waals surface area contributed by atoms with Crippen LogP contribution in [-0.2, 0) is 0 Å². The number of aromatic carboxylic acids is 1. The van der Waals surface area contributed by atoms with Gasteiger partial charge in [0.2, 0.25) is 0 Å². The Morgan fingerprint density at radius 1 is 1.56 bits per heavy atom. The van der Waals surface area contributed by atoms with Gasteiger partial charge in [-0.25, -0.2) is 9.78 Å². The molecule has 2 heterocycles. The summed E-state index contributed by atoms with van der Waals surface area (Å²) in [5.74, 6) is -0.589. The van der Waals surface area contributed by atoms with Gasteiger partial charge in [-0.05, 0) is 40.8 Å². The Balaban J connectivity index is 2.64. The number of halogens is 2. The third-order valence-corrected chi connectivity index (χ3v) is 2.86. The summed E-state index contributed by atoms with van der Waals surface area (Å²) in [5.41, 5.74) is 0.144. The van der Waals surface area contributed by atoms with E-state index in [0.717, 1.165) is 3.57 Å². The molecule has 16 heavy (non-hydrogen) atoms. The van der Waals surface area contributed by atoms with Crippen molar-refractivity contribution in [2.75, 3.05) is 0 Å². The monoisotopic (exact) mass is 348 g/mol. The molecule has 0 aliphatic heterocycles. The lowest BCUT2D eigenvalue weighted by atomic mass is 10.4. The van der Waals surface area contributed by atoms with E-state index in [2.05, 4.69) is 4.98 Å². The number of rotatable bonds is 2. The topological polar surface area (TPSA) is 55.1 Å². The van der Waals surface area contributed by atoms with Crippen LogP contribution in [0.15, 0.2) is 30.6 Å². The molecule has 0 spiro atoms. The molecule has 4 nitrogen and oxygen atoms in total. The van der Waals surface area contributed by atoms with E-state index in [9.17, 15) is 4.79 Å². The molecule has 0 bridgehead atoms. The molecule has 0 amide bonds. The first kappa shape index (κ1) is 11.4. The summed E-state index contributed by atoms with van der Waals surface area (Å²) < 4.78 is 2.28. The molecule has 0 aliphatic carbocycles. The second kappa shape index (κ2) is 4.42. The Labute approximate surface area is 110 Å². The van der Waals surface area contributed by atoms with Gasteiger partial charge in [0.15, 0.2) is 5.82 Å². The molecule has 0 aromatic carbocycles.